The van der Waals surface area contributed by atoms with Crippen LogP contribution < -0.4 is 0 Å². The monoisotopic (exact) mass is 1500 g/mol. The van der Waals surface area contributed by atoms with Crippen LogP contribution in [0.3, 0.4) is 0 Å². The lowest BCUT2D eigenvalue weighted by atomic mass is 9.77. The molecule has 0 aromatic heterocycles. The second kappa shape index (κ2) is 54.7. The Kier molecular flexibility index (Phi) is 62.1. The summed E-state index contributed by atoms with van der Waals surface area (Å²) < 4.78 is 142. The maximum Gasteiger partial charge on any atom is 0.389 e. The first-order valence-electron chi connectivity index (χ1n) is 40.4. The van der Waals surface area contributed by atoms with Gasteiger partial charge in [-0.25, -0.2) is 35.1 Å². The number of methoxy groups -OCH3 is 1. The van der Waals surface area contributed by atoms with Gasteiger partial charge >= 0.3 is 18.1 Å². The minimum atomic E-state index is -4.01. The van der Waals surface area contributed by atoms with Crippen LogP contribution in [0.25, 0.3) is 0 Å². The third kappa shape index (κ3) is 62.1. The van der Waals surface area contributed by atoms with E-state index in [-0.39, 0.29) is 75.0 Å². The zero-order valence-corrected chi connectivity index (χ0v) is 73.5. The highest BCUT2D eigenvalue weighted by atomic mass is 19.4. The third-order valence-corrected chi connectivity index (χ3v) is 24.8. The summed E-state index contributed by atoms with van der Waals surface area (Å²) in [5.74, 6) is -5.48. The highest BCUT2D eigenvalue weighted by Gasteiger charge is 2.47. The van der Waals surface area contributed by atoms with E-state index >= 15 is 0 Å². The summed E-state index contributed by atoms with van der Waals surface area (Å²) in [5, 5.41) is 17.1. The molecule has 0 unspecified atom stereocenters. The Morgan fingerprint density at radius 2 is 0.657 bits per heavy atom. The molecule has 1 aliphatic carbocycles. The molecule has 5 nitrogen and oxygen atoms in total. The Balaban J connectivity index is -0.000000163. The van der Waals surface area contributed by atoms with Gasteiger partial charge in [0.15, 0.2) is 0 Å². The van der Waals surface area contributed by atoms with Crippen molar-refractivity contribution < 1.29 is 72.8 Å². The molecular weight excluding hydrogens is 1320 g/mol. The van der Waals surface area contributed by atoms with Gasteiger partial charge in [0.1, 0.15) is 17.9 Å². The molecule has 16 heteroatoms. The summed E-state index contributed by atoms with van der Waals surface area (Å²) in [7, 11) is 1.45. The molecule has 624 valence electrons. The summed E-state index contributed by atoms with van der Waals surface area (Å²) in [4.78, 5) is 21.8. The van der Waals surface area contributed by atoms with Gasteiger partial charge in [-0.15, -0.1) is 0 Å². The molecule has 1 fully saturated rings. The van der Waals surface area contributed by atoms with Gasteiger partial charge in [0.05, 0.1) is 18.9 Å². The number of carbonyl (C=O) groups is 2. The minimum absolute atomic E-state index is 0.00694. The quantitative estimate of drug-likeness (QED) is 0.0473. The number of hydrogen-bond acceptors (Lipinski definition) is 4. The minimum Gasteiger partial charge on any atom is -0.481 e. The van der Waals surface area contributed by atoms with Crippen molar-refractivity contribution in [2.75, 3.05) is 13.7 Å². The third-order valence-electron chi connectivity index (χ3n) is 24.8. The van der Waals surface area contributed by atoms with E-state index in [0.717, 1.165) is 135 Å². The molecule has 0 bridgehead atoms. The van der Waals surface area contributed by atoms with Crippen molar-refractivity contribution in [2.45, 2.75) is 464 Å². The van der Waals surface area contributed by atoms with Crippen LogP contribution in [0, 0.1) is 66.5 Å². The van der Waals surface area contributed by atoms with E-state index in [2.05, 4.69) is 118 Å². The average molecular weight is 1500 g/mol. The van der Waals surface area contributed by atoms with Crippen LogP contribution in [0.5, 0.6) is 0 Å². The molecule has 1 rings (SSSR count). The first kappa shape index (κ1) is 116. The van der Waals surface area contributed by atoms with Crippen molar-refractivity contribution in [1.29, 1.82) is 0 Å². The molecule has 0 amide bonds. The number of aliphatic hydroxyl groups is 1. The molecule has 0 spiro atoms. The SMILES string of the molecule is CCC(C)(CC)CC(C)(C)F.CCC(C)(CC)CC(C)(F)F.CCC(C)(CC)CC(F)(F)CO.CCC(C)(CC)CC(F)(F)F.CCC(C)(CC)CC(F)F.CCC(C)(CC)CC1(F)CC1.CCC(C)(CC)C[C@H](C)C(=O)O.CCC(C)(CC)C[C@H](C)C(=O)OC.CC[C@@H](C)CC(C)(CC)CC. The van der Waals surface area contributed by atoms with Gasteiger partial charge in [0, 0.05) is 25.7 Å². The lowest BCUT2D eigenvalue weighted by Gasteiger charge is -2.31. The first-order chi connectivity index (χ1) is 46.0. The fourth-order valence-corrected chi connectivity index (χ4v) is 11.9. The summed E-state index contributed by atoms with van der Waals surface area (Å²) in [6, 6.07) is 0. The maximum absolute atomic E-state index is 13.4. The number of aliphatic carboxylic acids is 1. The number of esters is 1. The van der Waals surface area contributed by atoms with E-state index in [4.69, 9.17) is 14.9 Å². The van der Waals surface area contributed by atoms with Crippen molar-refractivity contribution >= 4 is 11.9 Å². The lowest BCUT2D eigenvalue weighted by Crippen LogP contribution is -2.30. The van der Waals surface area contributed by atoms with Crippen LogP contribution >= 0.6 is 0 Å². The van der Waals surface area contributed by atoms with Crippen LogP contribution in [0.15, 0.2) is 0 Å². The molecule has 1 saturated carbocycles. The highest BCUT2D eigenvalue weighted by Crippen LogP contribution is 2.50. The Morgan fingerprint density at radius 3 is 0.843 bits per heavy atom. The van der Waals surface area contributed by atoms with Gasteiger partial charge in [-0.05, 0) is 120 Å². The predicted octanol–water partition coefficient (Wildman–Crippen LogP) is 31.8. The van der Waals surface area contributed by atoms with Gasteiger partial charge in [-0.3, -0.25) is 9.59 Å². The average Bonchev–Trinajstić information content (AvgIpc) is 1.66. The Labute approximate surface area is 626 Å². The van der Waals surface area contributed by atoms with E-state index < -0.39 is 60.2 Å². The number of hydrogen-bond donors (Lipinski definition) is 2. The molecule has 0 aromatic rings. The van der Waals surface area contributed by atoms with Gasteiger partial charge in [0.2, 0.25) is 12.3 Å². The van der Waals surface area contributed by atoms with Crippen molar-refractivity contribution in [1.82, 2.24) is 0 Å². The number of alkyl halides is 11. The summed E-state index contributed by atoms with van der Waals surface area (Å²) in [6.07, 6.45) is 17.8. The Hall–Kier alpha value is -1.87. The summed E-state index contributed by atoms with van der Waals surface area (Å²) in [5.41, 5.74) is -1.46. The van der Waals surface area contributed by atoms with Crippen LogP contribution in [-0.2, 0) is 14.3 Å². The molecule has 0 heterocycles. The second-order valence-electron chi connectivity index (χ2n) is 35.0. The molecule has 1 aliphatic rings. The highest BCUT2D eigenvalue weighted by molar-refractivity contribution is 5.71. The topological polar surface area (TPSA) is 83.8 Å². The van der Waals surface area contributed by atoms with Gasteiger partial charge in [-0.1, -0.05) is 337 Å². The Bertz CT molecular complexity index is 1870. The van der Waals surface area contributed by atoms with Crippen LogP contribution in [0.2, 0.25) is 0 Å². The number of carboxylic acid groups (broad SMARTS) is 1. The van der Waals surface area contributed by atoms with E-state index in [1.54, 1.807) is 41.5 Å². The van der Waals surface area contributed by atoms with Gasteiger partial charge in [-0.2, -0.15) is 13.2 Å². The van der Waals surface area contributed by atoms with Gasteiger partial charge in [0.25, 0.3) is 5.92 Å². The van der Waals surface area contributed by atoms with E-state index in [1.165, 1.54) is 32.8 Å². The number of carbonyl (C=O) groups excluding carboxylic acids is 1. The molecule has 0 radical (unpaired) electrons. The van der Waals surface area contributed by atoms with Crippen LogP contribution in [0.1, 0.15) is 428 Å². The van der Waals surface area contributed by atoms with Crippen LogP contribution in [-0.4, -0.2) is 71.7 Å². The van der Waals surface area contributed by atoms with Crippen molar-refractivity contribution in [3.05, 3.63) is 0 Å². The lowest BCUT2D eigenvalue weighted by molar-refractivity contribution is -0.157. The van der Waals surface area contributed by atoms with Crippen LogP contribution in [0.4, 0.5) is 48.3 Å². The largest absolute Gasteiger partial charge is 0.481 e. The molecule has 102 heavy (non-hydrogen) atoms. The Morgan fingerprint density at radius 1 is 0.392 bits per heavy atom. The summed E-state index contributed by atoms with van der Waals surface area (Å²) >= 11 is 0. The normalized spacial score (nSPS) is 14.7. The van der Waals surface area contributed by atoms with E-state index in [9.17, 15) is 57.9 Å². The van der Waals surface area contributed by atoms with E-state index in [1.807, 2.05) is 69.2 Å². The fraction of sp³-hybridized carbons (Fsp3) is 0.977. The maximum atomic E-state index is 13.4. The molecule has 0 saturated heterocycles. The van der Waals surface area contributed by atoms with Crippen molar-refractivity contribution in [3.63, 3.8) is 0 Å². The predicted molar refractivity (Wildman–Crippen MR) is 420 cm³/mol. The number of carboxylic acids is 1. The molecule has 3 atom stereocenters. The second-order valence-corrected chi connectivity index (χ2v) is 35.0. The zero-order valence-electron chi connectivity index (χ0n) is 73.5. The van der Waals surface area contributed by atoms with Crippen molar-refractivity contribution in [2.24, 2.45) is 66.5 Å². The fourth-order valence-electron chi connectivity index (χ4n) is 11.9. The van der Waals surface area contributed by atoms with E-state index in [0.29, 0.717) is 24.7 Å². The molecule has 2 N–H and O–H groups in total. The van der Waals surface area contributed by atoms with Gasteiger partial charge < -0.3 is 14.9 Å². The summed E-state index contributed by atoms with van der Waals surface area (Å²) in [6.45, 7) is 67.2. The molecule has 0 aromatic carbocycles. The number of halogens is 11. The standard InChI is InChI=1S/C11H22O2.C11H24.C10H19F.C10H21F.C10H20O2.C9H18F2O.C9H18F2.C8H15F3.C8H16F2/c1-6-11(4,7-2)8-9(3)10(12)13-5;1-6-10(4)9-11(5,7-2)8-3;1-4-9(3,5-2)8-10(11)6-7-10;1-6-10(5,7-2)8-9(3,4)11;1-5-10(4,6-2)7-8(3)9(11)12;1-4-8(3,5-2)6-9(10,11)7-12;1-5-8(3,6-2)7-9(4,10)11;1-4-7(3,5-2)6-8(9,10)11;1-4-8(3,5-2)6-7(9)10/h9H,6-8H2,1-5H3;10H,6-9H2,1-5H3;4-8H2,1-3H3;6-8H2,1-5H3;8H,5-7H2,1-4H3,(H,11,12);12H,4-7H2,1-3H3;5-7H2,1-4H3;4-6H2,1-3H3;7H,4-6H2,1-3H3/t9-;10-;;;8-;;;;/m01..0..../s1. The first-order valence-corrected chi connectivity index (χ1v) is 40.4. The smallest absolute Gasteiger partial charge is 0.389 e. The zero-order chi connectivity index (χ0) is 83.1. The number of aliphatic hydroxyl groups excluding tert-OH is 1. The van der Waals surface area contributed by atoms with Crippen molar-refractivity contribution in [3.8, 4) is 0 Å². The molecular formula is C86H173F11O5. The number of ether oxygens (including phenoxy) is 1. The molecule has 0 aliphatic heterocycles. The number of rotatable bonds is 39.